The van der Waals surface area contributed by atoms with E-state index in [9.17, 15) is 9.59 Å². The molecule has 0 saturated heterocycles. The van der Waals surface area contributed by atoms with E-state index >= 15 is 0 Å². The van der Waals surface area contributed by atoms with Gasteiger partial charge in [-0.15, -0.1) is 0 Å². The van der Waals surface area contributed by atoms with Crippen LogP contribution in [0.1, 0.15) is 69.5 Å². The molecule has 0 unspecified atom stereocenters. The molecular weight excluding hydrogens is 302 g/mol. The van der Waals surface area contributed by atoms with Crippen molar-refractivity contribution in [3.63, 3.8) is 0 Å². The van der Waals surface area contributed by atoms with Crippen LogP contribution in [0.2, 0.25) is 0 Å². The predicted molar refractivity (Wildman–Crippen MR) is 92.3 cm³/mol. The lowest BCUT2D eigenvalue weighted by Gasteiger charge is -2.16. The van der Waals surface area contributed by atoms with Gasteiger partial charge in [0, 0.05) is 35.3 Å². The molecule has 1 aromatic carbocycles. The molecule has 24 heavy (non-hydrogen) atoms. The van der Waals surface area contributed by atoms with Gasteiger partial charge in [-0.1, -0.05) is 12.1 Å². The lowest BCUT2D eigenvalue weighted by molar-refractivity contribution is 0.0938. The zero-order chi connectivity index (χ0) is 17.4. The average molecular weight is 325 g/mol. The van der Waals surface area contributed by atoms with Gasteiger partial charge in [0.1, 0.15) is 0 Å². The van der Waals surface area contributed by atoms with E-state index in [0.29, 0.717) is 24.0 Å². The topological polar surface area (TPSA) is 64.0 Å². The molecule has 1 atom stereocenters. The smallest absolute Gasteiger partial charge is 0.252 e. The van der Waals surface area contributed by atoms with Crippen LogP contribution in [0.4, 0.5) is 0 Å². The third-order valence-electron chi connectivity index (χ3n) is 4.84. The number of benzene rings is 1. The van der Waals surface area contributed by atoms with Crippen LogP contribution in [-0.2, 0) is 13.0 Å². The first kappa shape index (κ1) is 16.4. The van der Waals surface area contributed by atoms with Gasteiger partial charge >= 0.3 is 0 Å². The number of carbonyl (C=O) groups is 2. The van der Waals surface area contributed by atoms with E-state index in [1.54, 1.807) is 12.1 Å². The minimum absolute atomic E-state index is 0.128. The minimum atomic E-state index is -0.134. The highest BCUT2D eigenvalue weighted by molar-refractivity contribution is 6.05. The molecule has 1 N–H and O–H groups in total. The van der Waals surface area contributed by atoms with Crippen molar-refractivity contribution < 1.29 is 9.59 Å². The van der Waals surface area contributed by atoms with Gasteiger partial charge in [-0.05, 0) is 45.7 Å². The Kier molecular flexibility index (Phi) is 4.26. The van der Waals surface area contributed by atoms with Crippen molar-refractivity contribution in [2.75, 3.05) is 0 Å². The van der Waals surface area contributed by atoms with E-state index in [2.05, 4.69) is 17.3 Å². The quantitative estimate of drug-likeness (QED) is 0.939. The van der Waals surface area contributed by atoms with E-state index in [-0.39, 0.29) is 17.7 Å². The summed E-state index contributed by atoms with van der Waals surface area (Å²) in [5.41, 5.74) is 5.27. The fourth-order valence-electron chi connectivity index (χ4n) is 3.70. The van der Waals surface area contributed by atoms with Crippen LogP contribution in [0.25, 0.3) is 0 Å². The van der Waals surface area contributed by atoms with Crippen LogP contribution in [0.5, 0.6) is 0 Å². The van der Waals surface area contributed by atoms with Gasteiger partial charge in [-0.3, -0.25) is 14.3 Å². The molecular formula is C19H23N3O2. The summed E-state index contributed by atoms with van der Waals surface area (Å²) in [6.07, 6.45) is 1.15. The largest absolute Gasteiger partial charge is 0.345 e. The predicted octanol–water partition coefficient (Wildman–Crippen LogP) is 3.14. The van der Waals surface area contributed by atoms with Crippen molar-refractivity contribution in [1.29, 1.82) is 0 Å². The number of hydrogen-bond donors (Lipinski definition) is 1. The molecule has 5 nitrogen and oxygen atoms in total. The molecule has 0 saturated carbocycles. The summed E-state index contributed by atoms with van der Waals surface area (Å²) in [7, 11) is 0. The van der Waals surface area contributed by atoms with Crippen molar-refractivity contribution in [1.82, 2.24) is 15.1 Å². The number of ketones is 1. The van der Waals surface area contributed by atoms with Crippen molar-refractivity contribution in [3.8, 4) is 0 Å². The van der Waals surface area contributed by atoms with E-state index in [1.807, 2.05) is 31.5 Å². The second kappa shape index (κ2) is 6.23. The van der Waals surface area contributed by atoms with Crippen molar-refractivity contribution in [3.05, 3.63) is 51.8 Å². The molecule has 1 heterocycles. The van der Waals surface area contributed by atoms with E-state index in [0.717, 1.165) is 29.1 Å². The normalized spacial score (nSPS) is 14.6. The second-order valence-corrected chi connectivity index (χ2v) is 6.35. The van der Waals surface area contributed by atoms with E-state index in [4.69, 9.17) is 0 Å². The van der Waals surface area contributed by atoms with Gasteiger partial charge in [0.2, 0.25) is 0 Å². The molecule has 0 bridgehead atoms. The number of rotatable bonds is 4. The number of carbonyl (C=O) groups excluding carboxylic acids is 2. The third kappa shape index (κ3) is 2.64. The number of amides is 1. The maximum atomic E-state index is 12.7. The number of fused-ring (bicyclic) bond motifs is 1. The molecule has 0 aliphatic heterocycles. The van der Waals surface area contributed by atoms with Gasteiger partial charge in [0.25, 0.3) is 5.91 Å². The van der Waals surface area contributed by atoms with Crippen LogP contribution in [0.3, 0.4) is 0 Å². The molecule has 1 aliphatic carbocycles. The number of Topliss-reactive ketones (excluding diaryl/α,β-unsaturated/α-hetero) is 1. The highest BCUT2D eigenvalue weighted by atomic mass is 16.1. The van der Waals surface area contributed by atoms with Gasteiger partial charge < -0.3 is 5.32 Å². The average Bonchev–Trinajstić information content (AvgIpc) is 3.07. The maximum Gasteiger partial charge on any atom is 0.252 e. The standard InChI is InChI=1S/C19H23N3O2/c1-5-22-13(4)18(12(3)21-22)11(2)20-19(24)16-8-6-7-15-14(16)9-10-17(15)23/h6-8,11H,5,9-10H2,1-4H3,(H,20,24)/t11-/m1/s1. The summed E-state index contributed by atoms with van der Waals surface area (Å²) in [6.45, 7) is 8.83. The summed E-state index contributed by atoms with van der Waals surface area (Å²) in [6, 6.07) is 5.26. The minimum Gasteiger partial charge on any atom is -0.345 e. The van der Waals surface area contributed by atoms with Crippen LogP contribution >= 0.6 is 0 Å². The lowest BCUT2D eigenvalue weighted by atomic mass is 10.0. The van der Waals surface area contributed by atoms with Crippen molar-refractivity contribution in [2.45, 2.75) is 53.1 Å². The number of aryl methyl sites for hydroxylation is 2. The van der Waals surface area contributed by atoms with Gasteiger partial charge in [-0.2, -0.15) is 5.10 Å². The van der Waals surface area contributed by atoms with Crippen LogP contribution in [0, 0.1) is 13.8 Å². The summed E-state index contributed by atoms with van der Waals surface area (Å²) < 4.78 is 1.95. The lowest BCUT2D eigenvalue weighted by Crippen LogP contribution is -2.28. The molecule has 0 radical (unpaired) electrons. The van der Waals surface area contributed by atoms with Crippen LogP contribution < -0.4 is 5.32 Å². The molecule has 0 fully saturated rings. The Morgan fingerprint density at radius 3 is 2.75 bits per heavy atom. The summed E-state index contributed by atoms with van der Waals surface area (Å²) in [5, 5.41) is 7.59. The highest BCUT2D eigenvalue weighted by Crippen LogP contribution is 2.27. The first-order chi connectivity index (χ1) is 11.4. The first-order valence-electron chi connectivity index (χ1n) is 8.43. The number of hydrogen-bond acceptors (Lipinski definition) is 3. The molecule has 2 aromatic rings. The Balaban J connectivity index is 1.86. The fraction of sp³-hybridized carbons (Fsp3) is 0.421. The Hall–Kier alpha value is -2.43. The van der Waals surface area contributed by atoms with Crippen LogP contribution in [0.15, 0.2) is 18.2 Å². The van der Waals surface area contributed by atoms with Gasteiger partial charge in [-0.25, -0.2) is 0 Å². The monoisotopic (exact) mass is 325 g/mol. The van der Waals surface area contributed by atoms with Crippen molar-refractivity contribution >= 4 is 11.7 Å². The first-order valence-corrected chi connectivity index (χ1v) is 8.43. The Labute approximate surface area is 142 Å². The molecule has 3 rings (SSSR count). The van der Waals surface area contributed by atoms with Crippen LogP contribution in [-0.4, -0.2) is 21.5 Å². The fourth-order valence-corrected chi connectivity index (χ4v) is 3.70. The van der Waals surface area contributed by atoms with Crippen molar-refractivity contribution in [2.24, 2.45) is 0 Å². The number of aromatic nitrogens is 2. The molecule has 1 aromatic heterocycles. The molecule has 1 amide bonds. The van der Waals surface area contributed by atoms with E-state index in [1.165, 1.54) is 0 Å². The Bertz CT molecular complexity index is 820. The molecule has 5 heteroatoms. The summed E-state index contributed by atoms with van der Waals surface area (Å²) >= 11 is 0. The third-order valence-corrected chi connectivity index (χ3v) is 4.84. The summed E-state index contributed by atoms with van der Waals surface area (Å²) in [5.74, 6) is 0.000656. The molecule has 1 aliphatic rings. The molecule has 126 valence electrons. The SMILES string of the molecule is CCn1nc(C)c([C@@H](C)NC(=O)c2cccc3c2CCC3=O)c1C. The highest BCUT2D eigenvalue weighted by Gasteiger charge is 2.26. The Morgan fingerprint density at radius 1 is 1.33 bits per heavy atom. The van der Waals surface area contributed by atoms with Gasteiger partial charge in [0.05, 0.1) is 11.7 Å². The Morgan fingerprint density at radius 2 is 2.08 bits per heavy atom. The van der Waals surface area contributed by atoms with Gasteiger partial charge in [0.15, 0.2) is 5.78 Å². The molecule has 0 spiro atoms. The zero-order valence-corrected chi connectivity index (χ0v) is 14.6. The van der Waals surface area contributed by atoms with E-state index < -0.39 is 0 Å². The maximum absolute atomic E-state index is 12.7. The summed E-state index contributed by atoms with van der Waals surface area (Å²) in [4.78, 5) is 24.6. The number of nitrogens with one attached hydrogen (secondary N) is 1. The number of nitrogens with zero attached hydrogens (tertiary/aromatic N) is 2. The zero-order valence-electron chi connectivity index (χ0n) is 14.6. The second-order valence-electron chi connectivity index (χ2n) is 6.35.